The maximum Gasteiger partial charge on any atom is 0.272 e. The fourth-order valence-corrected chi connectivity index (χ4v) is 3.47. The van der Waals surface area contributed by atoms with Gasteiger partial charge in [-0.15, -0.1) is 12.6 Å². The molecule has 4 rings (SSSR count). The van der Waals surface area contributed by atoms with Gasteiger partial charge in [0.1, 0.15) is 6.07 Å². The number of thiol groups is 1. The van der Waals surface area contributed by atoms with Crippen LogP contribution in [0.15, 0.2) is 34.1 Å². The zero-order chi connectivity index (χ0) is 20.0. The fourth-order valence-electron chi connectivity index (χ4n) is 3.25. The Bertz CT molecular complexity index is 1330. The minimum absolute atomic E-state index is 0.169. The number of nitrogens with one attached hydrogen (secondary N) is 2. The first kappa shape index (κ1) is 17.8. The third kappa shape index (κ3) is 2.57. The van der Waals surface area contributed by atoms with Gasteiger partial charge < -0.3 is 15.8 Å². The van der Waals surface area contributed by atoms with Crippen molar-refractivity contribution in [1.82, 2.24) is 25.0 Å². The van der Waals surface area contributed by atoms with E-state index in [1.807, 2.05) is 6.07 Å². The lowest BCUT2D eigenvalue weighted by Crippen LogP contribution is -2.13. The second-order valence-electron chi connectivity index (χ2n) is 6.18. The van der Waals surface area contributed by atoms with Gasteiger partial charge >= 0.3 is 0 Å². The maximum atomic E-state index is 12.1. The topological polar surface area (TPSA) is 149 Å². The molecular formula is C18H15N7O2S. The van der Waals surface area contributed by atoms with Gasteiger partial charge in [-0.05, 0) is 17.7 Å². The lowest BCUT2D eigenvalue weighted by Gasteiger charge is -2.08. The van der Waals surface area contributed by atoms with Crippen LogP contribution in [-0.4, -0.2) is 30.1 Å². The van der Waals surface area contributed by atoms with Gasteiger partial charge in [-0.2, -0.15) is 15.5 Å². The summed E-state index contributed by atoms with van der Waals surface area (Å²) in [6.07, 6.45) is 1.65. The average molecular weight is 393 g/mol. The number of aromatic amines is 2. The van der Waals surface area contributed by atoms with Gasteiger partial charge in [0.2, 0.25) is 5.88 Å². The molecule has 140 valence electrons. The first-order valence-corrected chi connectivity index (χ1v) is 8.69. The smallest absolute Gasteiger partial charge is 0.272 e. The molecule has 10 heteroatoms. The van der Waals surface area contributed by atoms with Crippen LogP contribution in [0.1, 0.15) is 11.3 Å². The van der Waals surface area contributed by atoms with Crippen molar-refractivity contribution in [2.45, 2.75) is 11.4 Å². The zero-order valence-electron chi connectivity index (χ0n) is 14.7. The summed E-state index contributed by atoms with van der Waals surface area (Å²) in [5.41, 5.74) is 8.71. The standard InChI is InChI=1S/C18H15N7O2S/c1-25-15(14-11(5-19)16(28)18(27)22-14)12(7-21-25)8-2-3-9-10(4-8)13(6-20)23-24-17(9)26/h2-4,7,22,27-28H,6,20H2,1H3,(H,24,26). The molecule has 0 spiro atoms. The van der Waals surface area contributed by atoms with Crippen LogP contribution in [0.3, 0.4) is 0 Å². The van der Waals surface area contributed by atoms with Crippen LogP contribution in [0.4, 0.5) is 0 Å². The molecule has 0 bridgehead atoms. The van der Waals surface area contributed by atoms with Crippen molar-refractivity contribution < 1.29 is 5.11 Å². The number of aromatic nitrogens is 5. The molecule has 0 aliphatic rings. The van der Waals surface area contributed by atoms with E-state index >= 15 is 0 Å². The lowest BCUT2D eigenvalue weighted by molar-refractivity contribution is 0.445. The van der Waals surface area contributed by atoms with Gasteiger partial charge in [0.05, 0.1) is 39.1 Å². The van der Waals surface area contributed by atoms with Crippen molar-refractivity contribution in [2.75, 3.05) is 0 Å². The molecule has 0 unspecified atom stereocenters. The second kappa shape index (κ2) is 6.56. The summed E-state index contributed by atoms with van der Waals surface area (Å²) in [6.45, 7) is 0.169. The monoisotopic (exact) mass is 393 g/mol. The number of nitrogens with two attached hydrogens (primary N) is 1. The number of rotatable bonds is 3. The first-order chi connectivity index (χ1) is 13.5. The van der Waals surface area contributed by atoms with Gasteiger partial charge in [-0.1, -0.05) is 6.07 Å². The highest BCUT2D eigenvalue weighted by Gasteiger charge is 2.22. The Morgan fingerprint density at radius 3 is 2.89 bits per heavy atom. The Kier molecular flexibility index (Phi) is 4.18. The quantitative estimate of drug-likeness (QED) is 0.334. The van der Waals surface area contributed by atoms with Crippen LogP contribution in [0, 0.1) is 11.3 Å². The Morgan fingerprint density at radius 1 is 1.39 bits per heavy atom. The average Bonchev–Trinajstić information content (AvgIpc) is 3.21. The van der Waals surface area contributed by atoms with Gasteiger partial charge in [0.15, 0.2) is 0 Å². The van der Waals surface area contributed by atoms with E-state index in [4.69, 9.17) is 5.73 Å². The van der Waals surface area contributed by atoms with Crippen molar-refractivity contribution in [3.05, 3.63) is 46.0 Å². The molecular weight excluding hydrogens is 378 g/mol. The van der Waals surface area contributed by atoms with Gasteiger partial charge in [-0.25, -0.2) is 5.10 Å². The predicted molar refractivity (Wildman–Crippen MR) is 106 cm³/mol. The SMILES string of the molecule is Cn1ncc(-c2ccc3c(=O)[nH]nc(CN)c3c2)c1-c1[nH]c(O)c(S)c1C#N. The number of H-pyrrole nitrogens is 2. The summed E-state index contributed by atoms with van der Waals surface area (Å²) in [4.78, 5) is 15.0. The van der Waals surface area contributed by atoms with E-state index in [2.05, 4.69) is 39.0 Å². The molecule has 3 heterocycles. The highest BCUT2D eigenvalue weighted by atomic mass is 32.1. The summed E-state index contributed by atoms with van der Waals surface area (Å²) in [5, 5.41) is 31.3. The summed E-state index contributed by atoms with van der Waals surface area (Å²) >= 11 is 4.19. The Morgan fingerprint density at radius 2 is 2.18 bits per heavy atom. The van der Waals surface area contributed by atoms with E-state index in [0.717, 1.165) is 5.56 Å². The summed E-state index contributed by atoms with van der Waals surface area (Å²) < 4.78 is 1.60. The molecule has 0 aliphatic heterocycles. The van der Waals surface area contributed by atoms with Crippen molar-refractivity contribution in [2.24, 2.45) is 12.8 Å². The largest absolute Gasteiger partial charge is 0.494 e. The van der Waals surface area contributed by atoms with Gasteiger partial charge in [-0.3, -0.25) is 9.48 Å². The van der Waals surface area contributed by atoms with Crippen molar-refractivity contribution >= 4 is 23.4 Å². The number of fused-ring (bicyclic) bond motifs is 1. The van der Waals surface area contributed by atoms with E-state index in [0.29, 0.717) is 33.4 Å². The molecule has 1 aromatic carbocycles. The third-order valence-corrected chi connectivity index (χ3v) is 5.05. The summed E-state index contributed by atoms with van der Waals surface area (Å²) in [7, 11) is 1.73. The molecule has 9 nitrogen and oxygen atoms in total. The third-order valence-electron chi connectivity index (χ3n) is 4.61. The fraction of sp³-hybridized carbons (Fsp3) is 0.111. The van der Waals surface area contributed by atoms with Crippen LogP contribution in [0.25, 0.3) is 33.3 Å². The number of aromatic hydroxyl groups is 1. The lowest BCUT2D eigenvalue weighted by atomic mass is 9.99. The first-order valence-electron chi connectivity index (χ1n) is 8.24. The Labute approximate surface area is 163 Å². The van der Waals surface area contributed by atoms with Crippen LogP contribution >= 0.6 is 12.6 Å². The van der Waals surface area contributed by atoms with E-state index in [9.17, 15) is 15.2 Å². The molecule has 0 saturated carbocycles. The molecule has 0 aliphatic carbocycles. The number of benzene rings is 1. The number of hydrogen-bond acceptors (Lipinski definition) is 7. The summed E-state index contributed by atoms with van der Waals surface area (Å²) in [6, 6.07) is 7.35. The second-order valence-corrected chi connectivity index (χ2v) is 6.63. The Hall–Kier alpha value is -3.55. The molecule has 4 aromatic rings. The van der Waals surface area contributed by atoms with Crippen molar-refractivity contribution in [3.63, 3.8) is 0 Å². The molecule has 0 amide bonds. The molecule has 5 N–H and O–H groups in total. The van der Waals surface area contributed by atoms with Crippen molar-refractivity contribution in [1.29, 1.82) is 5.26 Å². The number of nitrogens with zero attached hydrogens (tertiary/aromatic N) is 4. The van der Waals surface area contributed by atoms with E-state index in [-0.39, 0.29) is 28.4 Å². The van der Waals surface area contributed by atoms with Gasteiger partial charge in [0.25, 0.3) is 5.56 Å². The normalized spacial score (nSPS) is 11.1. The van der Waals surface area contributed by atoms with Crippen molar-refractivity contribution in [3.8, 4) is 34.5 Å². The minimum atomic E-state index is -0.300. The highest BCUT2D eigenvalue weighted by Crippen LogP contribution is 2.38. The number of nitriles is 1. The van der Waals surface area contributed by atoms with E-state index in [1.54, 1.807) is 30.1 Å². The molecule has 0 atom stereocenters. The predicted octanol–water partition coefficient (Wildman–Crippen LogP) is 1.64. The van der Waals surface area contributed by atoms with E-state index < -0.39 is 0 Å². The van der Waals surface area contributed by atoms with Crippen LogP contribution < -0.4 is 11.3 Å². The van der Waals surface area contributed by atoms with Crippen LogP contribution in [-0.2, 0) is 13.6 Å². The molecule has 0 saturated heterocycles. The molecule has 3 aromatic heterocycles. The number of hydrogen-bond donors (Lipinski definition) is 5. The molecule has 0 radical (unpaired) electrons. The van der Waals surface area contributed by atoms with Crippen LogP contribution in [0.5, 0.6) is 5.88 Å². The Balaban J connectivity index is 2.00. The zero-order valence-corrected chi connectivity index (χ0v) is 15.6. The molecule has 0 fully saturated rings. The molecule has 28 heavy (non-hydrogen) atoms. The highest BCUT2D eigenvalue weighted by molar-refractivity contribution is 7.80. The van der Waals surface area contributed by atoms with E-state index in [1.165, 1.54) is 0 Å². The minimum Gasteiger partial charge on any atom is -0.494 e. The van der Waals surface area contributed by atoms with Crippen LogP contribution in [0.2, 0.25) is 0 Å². The maximum absolute atomic E-state index is 12.1. The van der Waals surface area contributed by atoms with Gasteiger partial charge in [0, 0.05) is 24.5 Å². The summed E-state index contributed by atoms with van der Waals surface area (Å²) in [5.74, 6) is -0.193. The number of aryl methyl sites for hydroxylation is 1.